The van der Waals surface area contributed by atoms with Gasteiger partial charge in [-0.3, -0.25) is 9.82 Å². The Morgan fingerprint density at radius 2 is 2.27 bits per heavy atom. The van der Waals surface area contributed by atoms with Crippen LogP contribution < -0.4 is 4.72 Å². The molecule has 112 valence electrons. The summed E-state index contributed by atoms with van der Waals surface area (Å²) in [5.74, 6) is -0.202. The maximum absolute atomic E-state index is 13.2. The summed E-state index contributed by atoms with van der Waals surface area (Å²) in [6, 6.07) is 7.02. The van der Waals surface area contributed by atoms with E-state index in [2.05, 4.69) is 19.9 Å². The van der Waals surface area contributed by atoms with E-state index in [9.17, 15) is 4.39 Å². The van der Waals surface area contributed by atoms with Gasteiger partial charge < -0.3 is 0 Å². The molecular weight excluding hydrogens is 299 g/mol. The monoisotopic (exact) mass is 314 g/mol. The number of benzene rings is 1. The van der Waals surface area contributed by atoms with E-state index in [1.165, 1.54) is 29.1 Å². The first-order chi connectivity index (χ1) is 10.8. The number of nitrogens with zero attached hydrogens (tertiary/aromatic N) is 2. The fourth-order valence-corrected chi connectivity index (χ4v) is 3.75. The number of aromatic amines is 1. The lowest BCUT2D eigenvalue weighted by Crippen LogP contribution is -2.30. The zero-order valence-electron chi connectivity index (χ0n) is 11.8. The van der Waals surface area contributed by atoms with E-state index in [1.54, 1.807) is 12.1 Å². The first-order valence-corrected chi connectivity index (χ1v) is 8.09. The van der Waals surface area contributed by atoms with Crippen LogP contribution in [0.2, 0.25) is 0 Å². The van der Waals surface area contributed by atoms with Crippen LogP contribution in [0.1, 0.15) is 17.5 Å². The Morgan fingerprint density at radius 1 is 1.32 bits per heavy atom. The standard InChI is InChI=1S/C16H15FN4S/c17-11-2-1-3-13(7-11)22-21-12-4-5-14-10(6-12)8-18-16-15(14)9-19-20-16/h1-3,7-9,12,21H,4-6H2,(H,18,19,20). The summed E-state index contributed by atoms with van der Waals surface area (Å²) in [5, 5.41) is 8.12. The summed E-state index contributed by atoms with van der Waals surface area (Å²) in [4.78, 5) is 5.31. The number of aromatic nitrogens is 3. The van der Waals surface area contributed by atoms with Crippen molar-refractivity contribution < 1.29 is 4.39 Å². The van der Waals surface area contributed by atoms with Crippen molar-refractivity contribution in [3.63, 3.8) is 0 Å². The fraction of sp³-hybridized carbons (Fsp3) is 0.250. The minimum Gasteiger partial charge on any atom is -0.261 e. The zero-order valence-corrected chi connectivity index (χ0v) is 12.7. The number of hydrogen-bond acceptors (Lipinski definition) is 4. The van der Waals surface area contributed by atoms with Gasteiger partial charge in [0.05, 0.1) is 6.20 Å². The van der Waals surface area contributed by atoms with Gasteiger partial charge in [0.15, 0.2) is 5.65 Å². The van der Waals surface area contributed by atoms with Crippen LogP contribution >= 0.6 is 11.9 Å². The Kier molecular flexibility index (Phi) is 3.56. The molecule has 1 atom stereocenters. The lowest BCUT2D eigenvalue weighted by Gasteiger charge is -2.25. The van der Waals surface area contributed by atoms with Crippen LogP contribution in [0, 0.1) is 5.82 Å². The van der Waals surface area contributed by atoms with Crippen LogP contribution in [0.15, 0.2) is 41.6 Å². The number of H-pyrrole nitrogens is 1. The third-order valence-electron chi connectivity index (χ3n) is 4.03. The summed E-state index contributed by atoms with van der Waals surface area (Å²) in [5.41, 5.74) is 3.49. The first-order valence-electron chi connectivity index (χ1n) is 7.27. The van der Waals surface area contributed by atoms with E-state index in [1.807, 2.05) is 18.5 Å². The van der Waals surface area contributed by atoms with Gasteiger partial charge in [0.2, 0.25) is 0 Å². The minimum absolute atomic E-state index is 0.202. The van der Waals surface area contributed by atoms with Gasteiger partial charge in [-0.25, -0.2) is 9.37 Å². The van der Waals surface area contributed by atoms with E-state index in [0.29, 0.717) is 6.04 Å². The van der Waals surface area contributed by atoms with E-state index < -0.39 is 0 Å². The second kappa shape index (κ2) is 5.70. The third-order valence-corrected chi connectivity index (χ3v) is 4.97. The van der Waals surface area contributed by atoms with Gasteiger partial charge in [0.25, 0.3) is 0 Å². The molecule has 0 bridgehead atoms. The van der Waals surface area contributed by atoms with Gasteiger partial charge >= 0.3 is 0 Å². The molecule has 2 heterocycles. The Hall–Kier alpha value is -1.92. The Balaban J connectivity index is 1.48. The van der Waals surface area contributed by atoms with Crippen LogP contribution in [0.25, 0.3) is 11.0 Å². The molecule has 0 amide bonds. The molecule has 1 aliphatic carbocycles. The first kappa shape index (κ1) is 13.7. The zero-order chi connectivity index (χ0) is 14.9. The van der Waals surface area contributed by atoms with Gasteiger partial charge in [-0.2, -0.15) is 5.10 Å². The van der Waals surface area contributed by atoms with Crippen LogP contribution in [-0.4, -0.2) is 21.2 Å². The molecule has 4 nitrogen and oxygen atoms in total. The molecule has 0 saturated carbocycles. The van der Waals surface area contributed by atoms with Gasteiger partial charge in [0, 0.05) is 22.5 Å². The number of nitrogens with one attached hydrogen (secondary N) is 2. The second-order valence-corrected chi connectivity index (χ2v) is 6.42. The van der Waals surface area contributed by atoms with Crippen molar-refractivity contribution >= 4 is 23.0 Å². The van der Waals surface area contributed by atoms with Crippen LogP contribution in [0.5, 0.6) is 0 Å². The van der Waals surface area contributed by atoms with Crippen molar-refractivity contribution in [2.45, 2.75) is 30.2 Å². The summed E-state index contributed by atoms with van der Waals surface area (Å²) >= 11 is 1.49. The quantitative estimate of drug-likeness (QED) is 0.729. The Morgan fingerprint density at radius 3 is 3.18 bits per heavy atom. The van der Waals surface area contributed by atoms with Crippen molar-refractivity contribution in [1.82, 2.24) is 19.9 Å². The number of pyridine rings is 1. The van der Waals surface area contributed by atoms with Crippen molar-refractivity contribution in [1.29, 1.82) is 0 Å². The predicted molar refractivity (Wildman–Crippen MR) is 85.1 cm³/mol. The number of rotatable bonds is 3. The molecule has 6 heteroatoms. The maximum Gasteiger partial charge on any atom is 0.155 e. The molecule has 0 aliphatic heterocycles. The number of aryl methyl sites for hydroxylation is 1. The molecule has 2 aromatic heterocycles. The number of fused-ring (bicyclic) bond motifs is 3. The molecule has 0 radical (unpaired) electrons. The molecular formula is C16H15FN4S. The highest BCUT2D eigenvalue weighted by Crippen LogP contribution is 2.28. The summed E-state index contributed by atoms with van der Waals surface area (Å²) in [6.07, 6.45) is 6.80. The molecule has 2 N–H and O–H groups in total. The Labute approximate surface area is 131 Å². The van der Waals surface area contributed by atoms with E-state index in [4.69, 9.17) is 0 Å². The lowest BCUT2D eigenvalue weighted by atomic mass is 9.88. The highest BCUT2D eigenvalue weighted by molar-refractivity contribution is 7.97. The lowest BCUT2D eigenvalue weighted by molar-refractivity contribution is 0.547. The van der Waals surface area contributed by atoms with E-state index in [-0.39, 0.29) is 5.82 Å². The topological polar surface area (TPSA) is 53.6 Å². The molecule has 0 spiro atoms. The van der Waals surface area contributed by atoms with Gasteiger partial charge in [-0.15, -0.1) is 0 Å². The highest BCUT2D eigenvalue weighted by Gasteiger charge is 2.21. The van der Waals surface area contributed by atoms with Gasteiger partial charge in [0.1, 0.15) is 5.82 Å². The smallest absolute Gasteiger partial charge is 0.155 e. The van der Waals surface area contributed by atoms with Crippen molar-refractivity contribution in [2.24, 2.45) is 0 Å². The molecule has 3 aromatic rings. The van der Waals surface area contributed by atoms with Gasteiger partial charge in [-0.05, 0) is 60.5 Å². The van der Waals surface area contributed by atoms with E-state index >= 15 is 0 Å². The summed E-state index contributed by atoms with van der Waals surface area (Å²) in [6.45, 7) is 0. The van der Waals surface area contributed by atoms with Crippen molar-refractivity contribution in [2.75, 3.05) is 0 Å². The second-order valence-electron chi connectivity index (χ2n) is 5.51. The fourth-order valence-electron chi connectivity index (χ4n) is 2.93. The van der Waals surface area contributed by atoms with Gasteiger partial charge in [-0.1, -0.05) is 6.07 Å². The average Bonchev–Trinajstić information content (AvgIpc) is 3.01. The summed E-state index contributed by atoms with van der Waals surface area (Å²) in [7, 11) is 0. The normalized spacial score (nSPS) is 17.6. The maximum atomic E-state index is 13.2. The molecule has 0 fully saturated rings. The number of halogens is 1. The third kappa shape index (κ3) is 2.60. The minimum atomic E-state index is -0.202. The van der Waals surface area contributed by atoms with Crippen LogP contribution in [-0.2, 0) is 12.8 Å². The van der Waals surface area contributed by atoms with E-state index in [0.717, 1.165) is 35.2 Å². The number of hydrogen-bond donors (Lipinski definition) is 2. The molecule has 1 aliphatic rings. The Bertz CT molecular complexity index is 817. The largest absolute Gasteiger partial charge is 0.261 e. The average molecular weight is 314 g/mol. The molecule has 1 unspecified atom stereocenters. The molecule has 0 saturated heterocycles. The van der Waals surface area contributed by atoms with Crippen LogP contribution in [0.4, 0.5) is 4.39 Å². The molecule has 1 aromatic carbocycles. The van der Waals surface area contributed by atoms with Crippen molar-refractivity contribution in [3.8, 4) is 0 Å². The summed E-state index contributed by atoms with van der Waals surface area (Å²) < 4.78 is 16.6. The van der Waals surface area contributed by atoms with Crippen molar-refractivity contribution in [3.05, 3.63) is 53.6 Å². The highest BCUT2D eigenvalue weighted by atomic mass is 32.2. The predicted octanol–water partition coefficient (Wildman–Crippen LogP) is 3.25. The van der Waals surface area contributed by atoms with Crippen LogP contribution in [0.3, 0.4) is 0 Å². The molecule has 4 rings (SSSR count). The SMILES string of the molecule is Fc1cccc(SNC2CCc3c(cnc4[nH]ncc34)C2)c1. The molecule has 22 heavy (non-hydrogen) atoms.